The van der Waals surface area contributed by atoms with Gasteiger partial charge in [0.15, 0.2) is 5.69 Å². The van der Waals surface area contributed by atoms with Crippen LogP contribution in [-0.2, 0) is 11.6 Å². The number of rotatable bonds is 6. The molecule has 0 aliphatic heterocycles. The van der Waals surface area contributed by atoms with Gasteiger partial charge in [-0.25, -0.2) is 14.4 Å². The lowest BCUT2D eigenvalue weighted by molar-refractivity contribution is -0.159. The molecule has 4 aromatic rings. The van der Waals surface area contributed by atoms with E-state index in [0.717, 1.165) is 6.26 Å². The maximum Gasteiger partial charge on any atom is 0.471 e. The molecule has 0 atom stereocenters. The van der Waals surface area contributed by atoms with Gasteiger partial charge in [0.1, 0.15) is 18.3 Å². The highest BCUT2D eigenvalue weighted by Crippen LogP contribution is 2.29. The molecular formula is C20H15F4N5O4. The molecule has 4 rings (SSSR count). The van der Waals surface area contributed by atoms with Crippen molar-refractivity contribution in [3.63, 3.8) is 0 Å². The first-order valence-electron chi connectivity index (χ1n) is 9.40. The molecule has 0 radical (unpaired) electrons. The number of nitrogens with zero attached hydrogens (tertiary/aromatic N) is 4. The molecule has 3 aromatic heterocycles. The maximum atomic E-state index is 13.1. The fraction of sp³-hybridized carbons (Fsp3) is 0.250. The van der Waals surface area contributed by atoms with Gasteiger partial charge in [0.05, 0.1) is 5.69 Å². The van der Waals surface area contributed by atoms with Crippen LogP contribution in [-0.4, -0.2) is 32.6 Å². The first-order valence-corrected chi connectivity index (χ1v) is 9.40. The second-order valence-corrected chi connectivity index (χ2v) is 7.57. The highest BCUT2D eigenvalue weighted by Gasteiger charge is 2.39. The van der Waals surface area contributed by atoms with Gasteiger partial charge < -0.3 is 18.7 Å². The molecular weight excluding hydrogens is 450 g/mol. The van der Waals surface area contributed by atoms with Crippen molar-refractivity contribution in [2.45, 2.75) is 25.4 Å². The van der Waals surface area contributed by atoms with Crippen molar-refractivity contribution in [1.29, 1.82) is 0 Å². The molecule has 172 valence electrons. The van der Waals surface area contributed by atoms with E-state index in [9.17, 15) is 22.4 Å². The predicted octanol–water partition coefficient (Wildman–Crippen LogP) is 4.25. The topological polar surface area (TPSA) is 120 Å². The van der Waals surface area contributed by atoms with Crippen molar-refractivity contribution in [3.05, 3.63) is 59.9 Å². The maximum absolute atomic E-state index is 13.1. The molecule has 0 spiro atoms. The highest BCUT2D eigenvalue weighted by molar-refractivity contribution is 5.92. The monoisotopic (exact) mass is 465 g/mol. The van der Waals surface area contributed by atoms with E-state index in [4.69, 9.17) is 8.83 Å². The molecule has 3 heterocycles. The summed E-state index contributed by atoms with van der Waals surface area (Å²) in [6, 6.07) is 5.64. The third-order valence-electron chi connectivity index (χ3n) is 4.58. The van der Waals surface area contributed by atoms with E-state index in [0.29, 0.717) is 17.1 Å². The van der Waals surface area contributed by atoms with Crippen molar-refractivity contribution in [2.75, 3.05) is 6.54 Å². The van der Waals surface area contributed by atoms with Crippen molar-refractivity contribution in [3.8, 4) is 23.2 Å². The number of halogens is 4. The van der Waals surface area contributed by atoms with E-state index >= 15 is 0 Å². The largest absolute Gasteiger partial charge is 0.471 e. The van der Waals surface area contributed by atoms with E-state index in [-0.39, 0.29) is 18.1 Å². The summed E-state index contributed by atoms with van der Waals surface area (Å²) in [7, 11) is 0. The summed E-state index contributed by atoms with van der Waals surface area (Å²) in [5, 5.41) is 5.80. The van der Waals surface area contributed by atoms with Gasteiger partial charge in [-0.15, -0.1) is 0 Å². The number of hydrogen-bond acceptors (Lipinski definition) is 8. The Hall–Kier alpha value is -4.03. The van der Waals surface area contributed by atoms with Crippen LogP contribution in [0.25, 0.3) is 23.2 Å². The van der Waals surface area contributed by atoms with E-state index in [1.807, 2.05) is 13.8 Å². The molecule has 0 aliphatic carbocycles. The molecule has 33 heavy (non-hydrogen) atoms. The minimum absolute atomic E-state index is 0.115. The van der Waals surface area contributed by atoms with Gasteiger partial charge in [-0.1, -0.05) is 19.0 Å². The molecule has 1 amide bonds. The van der Waals surface area contributed by atoms with Crippen molar-refractivity contribution >= 4 is 5.91 Å². The van der Waals surface area contributed by atoms with Crippen LogP contribution in [0.1, 0.15) is 35.9 Å². The number of alkyl halides is 3. The minimum Gasteiger partial charge on any atom is -0.444 e. The average Bonchev–Trinajstić information content (AvgIpc) is 3.52. The fourth-order valence-electron chi connectivity index (χ4n) is 2.70. The Morgan fingerprint density at radius 1 is 1.00 bits per heavy atom. The SMILES string of the molecule is CC(C)(CNC(=O)c1coc(-c2noc(C(F)(F)F)n2)n1)c1coc(-c2ccc(F)cc2)n1. The van der Waals surface area contributed by atoms with E-state index in [2.05, 4.69) is 29.9 Å². The van der Waals surface area contributed by atoms with Crippen LogP contribution >= 0.6 is 0 Å². The molecule has 0 saturated carbocycles. The van der Waals surface area contributed by atoms with Gasteiger partial charge in [0, 0.05) is 17.5 Å². The molecule has 0 saturated heterocycles. The number of carbonyl (C=O) groups excluding carboxylic acids is 1. The van der Waals surface area contributed by atoms with E-state index in [1.54, 1.807) is 0 Å². The van der Waals surface area contributed by atoms with Crippen LogP contribution in [0.3, 0.4) is 0 Å². The number of aromatic nitrogens is 4. The Kier molecular flexibility index (Phi) is 5.47. The summed E-state index contributed by atoms with van der Waals surface area (Å²) < 4.78 is 65.4. The molecule has 0 unspecified atom stereocenters. The summed E-state index contributed by atoms with van der Waals surface area (Å²) in [5.41, 5.74) is 0.271. The third-order valence-corrected chi connectivity index (χ3v) is 4.58. The summed E-state index contributed by atoms with van der Waals surface area (Å²) in [5.74, 6) is -3.23. The van der Waals surface area contributed by atoms with Gasteiger partial charge >= 0.3 is 12.1 Å². The fourth-order valence-corrected chi connectivity index (χ4v) is 2.70. The molecule has 1 N–H and O–H groups in total. The smallest absolute Gasteiger partial charge is 0.444 e. The number of amides is 1. The quantitative estimate of drug-likeness (QED) is 0.420. The molecule has 9 nitrogen and oxygen atoms in total. The normalized spacial score (nSPS) is 12.2. The number of hydrogen-bond donors (Lipinski definition) is 1. The Balaban J connectivity index is 1.41. The van der Waals surface area contributed by atoms with Gasteiger partial charge in [-0.3, -0.25) is 4.79 Å². The Bertz CT molecular complexity index is 1270. The zero-order valence-corrected chi connectivity index (χ0v) is 17.1. The Morgan fingerprint density at radius 3 is 2.36 bits per heavy atom. The minimum atomic E-state index is -4.82. The number of carbonyl (C=O) groups is 1. The molecule has 0 aliphatic rings. The van der Waals surface area contributed by atoms with Crippen molar-refractivity contribution in [1.82, 2.24) is 25.4 Å². The molecule has 1 aromatic carbocycles. The van der Waals surface area contributed by atoms with Crippen molar-refractivity contribution < 1.29 is 35.7 Å². The first kappa shape index (κ1) is 22.2. The van der Waals surface area contributed by atoms with Crippen LogP contribution in [0.5, 0.6) is 0 Å². The first-order chi connectivity index (χ1) is 15.5. The predicted molar refractivity (Wildman–Crippen MR) is 102 cm³/mol. The second kappa shape index (κ2) is 8.15. The van der Waals surface area contributed by atoms with Crippen LogP contribution in [0.4, 0.5) is 17.6 Å². The van der Waals surface area contributed by atoms with Gasteiger partial charge in [-0.2, -0.15) is 18.2 Å². The molecule has 0 fully saturated rings. The third kappa shape index (κ3) is 4.76. The Morgan fingerprint density at radius 2 is 1.70 bits per heavy atom. The van der Waals surface area contributed by atoms with Crippen LogP contribution < -0.4 is 5.32 Å². The summed E-state index contributed by atoms with van der Waals surface area (Å²) in [6.07, 6.45) is -2.42. The van der Waals surface area contributed by atoms with Gasteiger partial charge in [0.2, 0.25) is 5.89 Å². The van der Waals surface area contributed by atoms with Crippen LogP contribution in [0.2, 0.25) is 0 Å². The van der Waals surface area contributed by atoms with Crippen molar-refractivity contribution in [2.24, 2.45) is 0 Å². The second-order valence-electron chi connectivity index (χ2n) is 7.57. The number of oxazole rings is 2. The zero-order chi connectivity index (χ0) is 23.8. The highest BCUT2D eigenvalue weighted by atomic mass is 19.4. The number of nitrogens with one attached hydrogen (secondary N) is 1. The van der Waals surface area contributed by atoms with Gasteiger partial charge in [-0.05, 0) is 24.3 Å². The molecule has 0 bridgehead atoms. The Labute approximate surface area is 182 Å². The van der Waals surface area contributed by atoms with Crippen LogP contribution in [0, 0.1) is 5.82 Å². The number of benzene rings is 1. The lowest BCUT2D eigenvalue weighted by atomic mass is 9.90. The van der Waals surface area contributed by atoms with Crippen LogP contribution in [0.15, 0.2) is 50.1 Å². The zero-order valence-electron chi connectivity index (χ0n) is 17.1. The van der Waals surface area contributed by atoms with E-state index < -0.39 is 35.1 Å². The lowest BCUT2D eigenvalue weighted by Crippen LogP contribution is -2.37. The summed E-state index contributed by atoms with van der Waals surface area (Å²) in [4.78, 5) is 23.8. The molecule has 13 heteroatoms. The van der Waals surface area contributed by atoms with Gasteiger partial charge in [0.25, 0.3) is 17.6 Å². The average molecular weight is 465 g/mol. The van der Waals surface area contributed by atoms with E-state index in [1.165, 1.54) is 30.5 Å². The summed E-state index contributed by atoms with van der Waals surface area (Å²) >= 11 is 0. The lowest BCUT2D eigenvalue weighted by Gasteiger charge is -2.21. The standard InChI is InChI=1S/C20H15F4N5O4/c1-19(2,13-8-32-16(27-13)10-3-5-11(21)6-4-10)9-25-15(30)12-7-31-17(26-12)14-28-18(33-29-14)20(22,23)24/h3-8H,9H2,1-2H3,(H,25,30). The summed E-state index contributed by atoms with van der Waals surface area (Å²) in [6.45, 7) is 3.74.